The van der Waals surface area contributed by atoms with E-state index in [4.69, 9.17) is 5.73 Å². The molecule has 8 heavy (non-hydrogen) atoms. The van der Waals surface area contributed by atoms with E-state index in [0.29, 0.717) is 0 Å². The summed E-state index contributed by atoms with van der Waals surface area (Å²) in [7, 11) is 0. The molecule has 0 aromatic rings. The summed E-state index contributed by atoms with van der Waals surface area (Å²) in [5.41, 5.74) is 6.12. The van der Waals surface area contributed by atoms with Gasteiger partial charge in [-0.3, -0.25) is 0 Å². The zero-order valence-electron chi connectivity index (χ0n) is 5.70. The molecule has 0 bridgehead atoms. The maximum atomic E-state index is 5.33. The summed E-state index contributed by atoms with van der Waals surface area (Å²) < 4.78 is 0. The monoisotopic (exact) mass is 112 g/mol. The van der Waals surface area contributed by atoms with E-state index < -0.39 is 0 Å². The Labute approximate surface area is 51.6 Å². The molecule has 0 spiro atoms. The van der Waals surface area contributed by atoms with Crippen LogP contribution in [0.15, 0.2) is 12.3 Å². The standard InChI is InChI=1S/C7H14N/c1-6(2)4-5-7(3)8/h3-5,8H2,1-2H3. The van der Waals surface area contributed by atoms with Crippen molar-refractivity contribution in [1.82, 2.24) is 0 Å². The summed E-state index contributed by atoms with van der Waals surface area (Å²) in [5.74, 6) is 1.41. The molecular weight excluding hydrogens is 98.1 g/mol. The molecule has 0 aromatic carbocycles. The van der Waals surface area contributed by atoms with Crippen LogP contribution in [0.1, 0.15) is 26.7 Å². The minimum absolute atomic E-state index is 0.784. The molecule has 0 aromatic heterocycles. The van der Waals surface area contributed by atoms with E-state index >= 15 is 0 Å². The van der Waals surface area contributed by atoms with Crippen molar-refractivity contribution in [2.45, 2.75) is 26.7 Å². The first-order valence-corrected chi connectivity index (χ1v) is 2.85. The van der Waals surface area contributed by atoms with Crippen LogP contribution in [0.2, 0.25) is 0 Å². The van der Waals surface area contributed by atoms with Gasteiger partial charge in [0.05, 0.1) is 0 Å². The average Bonchev–Trinajstić information content (AvgIpc) is 1.61. The number of hydrogen-bond donors (Lipinski definition) is 1. The van der Waals surface area contributed by atoms with Gasteiger partial charge in [0.1, 0.15) is 0 Å². The summed E-state index contributed by atoms with van der Waals surface area (Å²) in [5, 5.41) is 0. The van der Waals surface area contributed by atoms with Crippen LogP contribution >= 0.6 is 0 Å². The number of allylic oxidation sites excluding steroid dienone is 1. The predicted molar refractivity (Wildman–Crippen MR) is 37.2 cm³/mol. The highest BCUT2D eigenvalue weighted by molar-refractivity contribution is 4.90. The van der Waals surface area contributed by atoms with Crippen molar-refractivity contribution >= 4 is 0 Å². The summed E-state index contributed by atoms with van der Waals surface area (Å²) in [6.45, 7) is 7.79. The molecule has 0 aliphatic rings. The number of hydrogen-bond acceptors (Lipinski definition) is 1. The normalized spacial score (nSPS) is 9.88. The lowest BCUT2D eigenvalue weighted by molar-refractivity contribution is 0.818. The second-order valence-electron chi connectivity index (χ2n) is 2.37. The Morgan fingerprint density at radius 2 is 1.88 bits per heavy atom. The molecule has 1 radical (unpaired) electrons. The van der Waals surface area contributed by atoms with Gasteiger partial charge in [-0.15, -0.1) is 0 Å². The predicted octanol–water partition coefficient (Wildman–Crippen LogP) is 1.85. The highest BCUT2D eigenvalue weighted by Gasteiger charge is 1.92. The molecule has 0 saturated heterocycles. The summed E-state index contributed by atoms with van der Waals surface area (Å²) in [4.78, 5) is 0. The van der Waals surface area contributed by atoms with Gasteiger partial charge < -0.3 is 5.73 Å². The van der Waals surface area contributed by atoms with E-state index in [9.17, 15) is 0 Å². The van der Waals surface area contributed by atoms with Gasteiger partial charge in [-0.25, -0.2) is 0 Å². The van der Waals surface area contributed by atoms with Gasteiger partial charge in [0.15, 0.2) is 0 Å². The van der Waals surface area contributed by atoms with Crippen LogP contribution in [-0.4, -0.2) is 0 Å². The molecule has 1 nitrogen and oxygen atoms in total. The fraction of sp³-hybridized carbons (Fsp3) is 0.571. The second-order valence-corrected chi connectivity index (χ2v) is 2.37. The molecular formula is C7H14N. The molecule has 0 amide bonds. The van der Waals surface area contributed by atoms with Gasteiger partial charge in [-0.1, -0.05) is 20.4 Å². The molecule has 0 rings (SSSR count). The first-order chi connectivity index (χ1) is 3.63. The molecule has 0 atom stereocenters. The van der Waals surface area contributed by atoms with Crippen LogP contribution in [0.25, 0.3) is 0 Å². The highest BCUT2D eigenvalue weighted by Crippen LogP contribution is 2.07. The Morgan fingerprint density at radius 3 is 2.00 bits per heavy atom. The molecule has 2 N–H and O–H groups in total. The quantitative estimate of drug-likeness (QED) is 0.592. The fourth-order valence-corrected chi connectivity index (χ4v) is 0.411. The Bertz CT molecular complexity index is 74.5. The smallest absolute Gasteiger partial charge is 0.000765 e. The van der Waals surface area contributed by atoms with Crippen LogP contribution in [0.3, 0.4) is 0 Å². The lowest BCUT2D eigenvalue weighted by Gasteiger charge is -2.00. The first-order valence-electron chi connectivity index (χ1n) is 2.85. The van der Waals surface area contributed by atoms with Crippen LogP contribution in [-0.2, 0) is 0 Å². The van der Waals surface area contributed by atoms with E-state index in [1.54, 1.807) is 0 Å². The zero-order chi connectivity index (χ0) is 6.57. The van der Waals surface area contributed by atoms with Crippen LogP contribution in [0.4, 0.5) is 0 Å². The van der Waals surface area contributed by atoms with Crippen LogP contribution in [0, 0.1) is 5.92 Å². The van der Waals surface area contributed by atoms with E-state index in [0.717, 1.165) is 18.5 Å². The van der Waals surface area contributed by atoms with Crippen molar-refractivity contribution in [3.8, 4) is 0 Å². The van der Waals surface area contributed by atoms with Crippen molar-refractivity contribution in [2.24, 2.45) is 5.73 Å². The van der Waals surface area contributed by atoms with Gasteiger partial charge in [-0.05, 0) is 18.8 Å². The highest BCUT2D eigenvalue weighted by atomic mass is 14.5. The minimum atomic E-state index is 0.784. The number of rotatable bonds is 3. The third kappa shape index (κ3) is 5.54. The molecule has 47 valence electrons. The van der Waals surface area contributed by atoms with E-state index in [1.807, 2.05) is 0 Å². The largest absolute Gasteiger partial charge is 0.403 e. The van der Waals surface area contributed by atoms with Gasteiger partial charge >= 0.3 is 0 Å². The number of nitrogens with two attached hydrogens (primary N) is 1. The zero-order valence-corrected chi connectivity index (χ0v) is 5.70. The second kappa shape index (κ2) is 3.53. The maximum absolute atomic E-state index is 5.33. The summed E-state index contributed by atoms with van der Waals surface area (Å²) in [6.07, 6.45) is 2.01. The minimum Gasteiger partial charge on any atom is -0.403 e. The van der Waals surface area contributed by atoms with Crippen molar-refractivity contribution in [3.05, 3.63) is 18.2 Å². The fourth-order valence-electron chi connectivity index (χ4n) is 0.411. The SMILES string of the molecule is C=C(N)CC[C](C)C. The van der Waals surface area contributed by atoms with Gasteiger partial charge in [0.2, 0.25) is 0 Å². The summed E-state index contributed by atoms with van der Waals surface area (Å²) >= 11 is 0. The maximum Gasteiger partial charge on any atom is 0.000765 e. The van der Waals surface area contributed by atoms with Gasteiger partial charge in [-0.2, -0.15) is 0 Å². The Hall–Kier alpha value is -0.460. The Kier molecular flexibility index (Phi) is 3.33. The van der Waals surface area contributed by atoms with Crippen LogP contribution < -0.4 is 5.73 Å². The average molecular weight is 112 g/mol. The van der Waals surface area contributed by atoms with Crippen molar-refractivity contribution in [1.29, 1.82) is 0 Å². The van der Waals surface area contributed by atoms with Crippen molar-refractivity contribution in [2.75, 3.05) is 0 Å². The van der Waals surface area contributed by atoms with Gasteiger partial charge in [0.25, 0.3) is 0 Å². The van der Waals surface area contributed by atoms with Gasteiger partial charge in [0, 0.05) is 5.70 Å². The van der Waals surface area contributed by atoms with Crippen molar-refractivity contribution in [3.63, 3.8) is 0 Å². The van der Waals surface area contributed by atoms with E-state index in [1.165, 1.54) is 5.92 Å². The van der Waals surface area contributed by atoms with E-state index in [2.05, 4.69) is 20.4 Å². The molecule has 0 aliphatic heterocycles. The third-order valence-electron chi connectivity index (χ3n) is 0.946. The topological polar surface area (TPSA) is 26.0 Å². The Morgan fingerprint density at radius 1 is 1.38 bits per heavy atom. The van der Waals surface area contributed by atoms with E-state index in [-0.39, 0.29) is 0 Å². The molecule has 0 saturated carbocycles. The molecule has 0 fully saturated rings. The molecule has 1 heteroatoms. The lowest BCUT2D eigenvalue weighted by Crippen LogP contribution is -1.95. The Balaban J connectivity index is 3.05. The van der Waals surface area contributed by atoms with Crippen molar-refractivity contribution < 1.29 is 0 Å². The molecule has 0 heterocycles. The molecule has 0 aliphatic carbocycles. The summed E-state index contributed by atoms with van der Waals surface area (Å²) in [6, 6.07) is 0. The third-order valence-corrected chi connectivity index (χ3v) is 0.946. The van der Waals surface area contributed by atoms with Crippen LogP contribution in [0.5, 0.6) is 0 Å². The first kappa shape index (κ1) is 7.54. The lowest BCUT2D eigenvalue weighted by atomic mass is 10.1. The molecule has 0 unspecified atom stereocenters.